The highest BCUT2D eigenvalue weighted by molar-refractivity contribution is 5.69. The minimum atomic E-state index is -0.204. The molecule has 0 bridgehead atoms. The lowest BCUT2D eigenvalue weighted by molar-refractivity contribution is 0.198. The van der Waals surface area contributed by atoms with Crippen LogP contribution in [-0.4, -0.2) is 34.5 Å². The molecule has 2 heterocycles. The van der Waals surface area contributed by atoms with Gasteiger partial charge in [0.05, 0.1) is 11.8 Å². The fourth-order valence-electron chi connectivity index (χ4n) is 2.91. The topological polar surface area (TPSA) is 52.2 Å². The van der Waals surface area contributed by atoms with E-state index in [1.165, 1.54) is 5.56 Å². The monoisotopic (exact) mass is 285 g/mol. The Hall–Kier alpha value is -1.81. The Morgan fingerprint density at radius 1 is 1.33 bits per heavy atom. The Labute approximate surface area is 125 Å². The number of aromatic amines is 1. The normalized spacial score (nSPS) is 19.2. The maximum absolute atomic E-state index is 9.71. The predicted molar refractivity (Wildman–Crippen MR) is 85.6 cm³/mol. The maximum Gasteiger partial charge on any atom is 0.0958 e. The third kappa shape index (κ3) is 2.81. The number of benzene rings is 1. The minimum absolute atomic E-state index is 0.0577. The number of nitrogens with one attached hydrogen (secondary N) is 1. The molecule has 1 aliphatic rings. The summed E-state index contributed by atoms with van der Waals surface area (Å²) in [5.74, 6) is 0. The van der Waals surface area contributed by atoms with Gasteiger partial charge in [0.2, 0.25) is 0 Å². The molecule has 1 atom stereocenters. The first-order valence-electron chi connectivity index (χ1n) is 7.53. The third-order valence-electron chi connectivity index (χ3n) is 4.10. The lowest BCUT2D eigenvalue weighted by Crippen LogP contribution is -2.21. The highest BCUT2D eigenvalue weighted by Crippen LogP contribution is 2.33. The van der Waals surface area contributed by atoms with Crippen LogP contribution in [0.15, 0.2) is 30.5 Å². The van der Waals surface area contributed by atoms with Gasteiger partial charge in [0, 0.05) is 36.1 Å². The summed E-state index contributed by atoms with van der Waals surface area (Å²) in [6.45, 7) is 8.22. The molecule has 1 unspecified atom stereocenters. The van der Waals surface area contributed by atoms with Crippen molar-refractivity contribution in [3.05, 3.63) is 36.0 Å². The first kappa shape index (κ1) is 14.1. The summed E-state index contributed by atoms with van der Waals surface area (Å²) in [7, 11) is 0. The van der Waals surface area contributed by atoms with Gasteiger partial charge >= 0.3 is 0 Å². The number of nitrogens with zero attached hydrogens (tertiary/aromatic N) is 2. The minimum Gasteiger partial charge on any atom is -0.391 e. The lowest BCUT2D eigenvalue weighted by Gasteiger charge is -2.20. The van der Waals surface area contributed by atoms with Gasteiger partial charge in [-0.25, -0.2) is 0 Å². The van der Waals surface area contributed by atoms with Crippen LogP contribution in [0.25, 0.3) is 11.3 Å². The van der Waals surface area contributed by atoms with Gasteiger partial charge in [0.15, 0.2) is 0 Å². The summed E-state index contributed by atoms with van der Waals surface area (Å²) in [5, 5.41) is 17.1. The Morgan fingerprint density at radius 2 is 2.14 bits per heavy atom. The zero-order valence-electron chi connectivity index (χ0n) is 12.9. The van der Waals surface area contributed by atoms with Crippen molar-refractivity contribution < 1.29 is 5.11 Å². The molecule has 2 N–H and O–H groups in total. The van der Waals surface area contributed by atoms with Crippen molar-refractivity contribution in [2.45, 2.75) is 38.7 Å². The molecule has 4 heteroatoms. The van der Waals surface area contributed by atoms with Crippen LogP contribution in [0.4, 0.5) is 5.69 Å². The zero-order valence-corrected chi connectivity index (χ0v) is 12.9. The number of H-pyrrole nitrogens is 1. The van der Waals surface area contributed by atoms with E-state index in [1.54, 1.807) is 0 Å². The number of β-amino-alcohol motifs (C(OH)–C–C–N with tert-alkyl or cyclic N) is 1. The molecule has 1 fully saturated rings. The van der Waals surface area contributed by atoms with E-state index in [-0.39, 0.29) is 11.5 Å². The van der Waals surface area contributed by atoms with Gasteiger partial charge in [-0.15, -0.1) is 0 Å². The molecule has 0 amide bonds. The second kappa shape index (κ2) is 5.19. The largest absolute Gasteiger partial charge is 0.391 e. The summed E-state index contributed by atoms with van der Waals surface area (Å²) >= 11 is 0. The second-order valence-electron chi connectivity index (χ2n) is 6.84. The van der Waals surface area contributed by atoms with Crippen molar-refractivity contribution in [2.24, 2.45) is 0 Å². The van der Waals surface area contributed by atoms with Crippen LogP contribution in [0.1, 0.15) is 32.8 Å². The van der Waals surface area contributed by atoms with Gasteiger partial charge in [-0.1, -0.05) is 32.9 Å². The van der Waals surface area contributed by atoms with Crippen LogP contribution in [0.2, 0.25) is 0 Å². The predicted octanol–water partition coefficient (Wildman–Crippen LogP) is 2.95. The SMILES string of the molecule is CC(C)(C)c1c[nH]nc1-c1cccc(N2CCC(O)C2)c1. The Kier molecular flexibility index (Phi) is 3.49. The molecule has 21 heavy (non-hydrogen) atoms. The van der Waals surface area contributed by atoms with Crippen molar-refractivity contribution in [3.8, 4) is 11.3 Å². The highest BCUT2D eigenvalue weighted by Gasteiger charge is 2.23. The smallest absolute Gasteiger partial charge is 0.0958 e. The summed E-state index contributed by atoms with van der Waals surface area (Å²) in [6.07, 6.45) is 2.63. The summed E-state index contributed by atoms with van der Waals surface area (Å²) in [4.78, 5) is 2.23. The number of aromatic nitrogens is 2. The molecule has 112 valence electrons. The van der Waals surface area contributed by atoms with E-state index >= 15 is 0 Å². The van der Waals surface area contributed by atoms with Gasteiger partial charge in [-0.05, 0) is 24.0 Å². The van der Waals surface area contributed by atoms with E-state index in [4.69, 9.17) is 0 Å². The molecule has 2 aromatic rings. The standard InChI is InChI=1S/C17H23N3O/c1-17(2,3)15-10-18-19-16(15)12-5-4-6-13(9-12)20-8-7-14(21)11-20/h4-6,9-10,14,21H,7-8,11H2,1-3H3,(H,18,19). The van der Waals surface area contributed by atoms with Crippen LogP contribution < -0.4 is 4.90 Å². The van der Waals surface area contributed by atoms with Gasteiger partial charge in [0.25, 0.3) is 0 Å². The number of aliphatic hydroxyl groups is 1. The molecule has 3 rings (SSSR count). The third-order valence-corrected chi connectivity index (χ3v) is 4.10. The van der Waals surface area contributed by atoms with Crippen molar-refractivity contribution in [3.63, 3.8) is 0 Å². The molecule has 0 spiro atoms. The molecule has 1 aromatic heterocycles. The Bertz CT molecular complexity index is 627. The van der Waals surface area contributed by atoms with Gasteiger partial charge in [-0.2, -0.15) is 5.10 Å². The number of hydrogen-bond donors (Lipinski definition) is 2. The van der Waals surface area contributed by atoms with Gasteiger partial charge in [-0.3, -0.25) is 5.10 Å². The Balaban J connectivity index is 1.95. The lowest BCUT2D eigenvalue weighted by atomic mass is 9.86. The number of hydrogen-bond acceptors (Lipinski definition) is 3. The Morgan fingerprint density at radius 3 is 2.81 bits per heavy atom. The highest BCUT2D eigenvalue weighted by atomic mass is 16.3. The molecular weight excluding hydrogens is 262 g/mol. The summed E-state index contributed by atoms with van der Waals surface area (Å²) in [5.41, 5.74) is 4.58. The van der Waals surface area contributed by atoms with Crippen molar-refractivity contribution >= 4 is 5.69 Å². The van der Waals surface area contributed by atoms with E-state index in [0.29, 0.717) is 0 Å². The van der Waals surface area contributed by atoms with Crippen LogP contribution in [0.3, 0.4) is 0 Å². The number of aliphatic hydroxyl groups excluding tert-OH is 1. The fraction of sp³-hybridized carbons (Fsp3) is 0.471. The van der Waals surface area contributed by atoms with Crippen LogP contribution in [0, 0.1) is 0 Å². The first-order chi connectivity index (χ1) is 9.95. The number of anilines is 1. The van der Waals surface area contributed by atoms with Crippen molar-refractivity contribution in [1.29, 1.82) is 0 Å². The molecule has 0 aliphatic carbocycles. The first-order valence-corrected chi connectivity index (χ1v) is 7.53. The maximum atomic E-state index is 9.71. The molecule has 0 saturated carbocycles. The molecule has 4 nitrogen and oxygen atoms in total. The second-order valence-corrected chi connectivity index (χ2v) is 6.84. The van der Waals surface area contributed by atoms with Crippen LogP contribution in [-0.2, 0) is 5.41 Å². The zero-order chi connectivity index (χ0) is 15.0. The van der Waals surface area contributed by atoms with E-state index < -0.39 is 0 Å². The van der Waals surface area contributed by atoms with Crippen LogP contribution >= 0.6 is 0 Å². The summed E-state index contributed by atoms with van der Waals surface area (Å²) < 4.78 is 0. The van der Waals surface area contributed by atoms with Crippen LogP contribution in [0.5, 0.6) is 0 Å². The van der Waals surface area contributed by atoms with E-state index in [2.05, 4.69) is 60.1 Å². The van der Waals surface area contributed by atoms with E-state index in [0.717, 1.165) is 36.5 Å². The molecule has 1 aliphatic heterocycles. The van der Waals surface area contributed by atoms with Crippen molar-refractivity contribution in [2.75, 3.05) is 18.0 Å². The molecule has 1 saturated heterocycles. The van der Waals surface area contributed by atoms with Crippen molar-refractivity contribution in [1.82, 2.24) is 10.2 Å². The molecular formula is C17H23N3O. The van der Waals surface area contributed by atoms with E-state index in [9.17, 15) is 5.11 Å². The number of rotatable bonds is 2. The molecule has 1 aromatic carbocycles. The fourth-order valence-corrected chi connectivity index (χ4v) is 2.91. The molecule has 0 radical (unpaired) electrons. The van der Waals surface area contributed by atoms with Gasteiger partial charge in [0.1, 0.15) is 0 Å². The average Bonchev–Trinajstić information content (AvgIpc) is 3.06. The average molecular weight is 285 g/mol. The van der Waals surface area contributed by atoms with E-state index in [1.807, 2.05) is 6.20 Å². The quantitative estimate of drug-likeness (QED) is 0.892. The summed E-state index contributed by atoms with van der Waals surface area (Å²) in [6, 6.07) is 8.44. The van der Waals surface area contributed by atoms with Gasteiger partial charge < -0.3 is 10.0 Å².